The first-order valence-electron chi connectivity index (χ1n) is 7.77. The van der Waals surface area contributed by atoms with E-state index in [4.69, 9.17) is 4.74 Å². The second kappa shape index (κ2) is 5.13. The Kier molecular flexibility index (Phi) is 3.31. The maximum atomic E-state index is 10.6. The third-order valence-corrected chi connectivity index (χ3v) is 4.61. The minimum absolute atomic E-state index is 0.365. The fraction of sp³-hybridized carbons (Fsp3) is 0.600. The van der Waals surface area contributed by atoms with Crippen LogP contribution < -0.4 is 5.32 Å². The zero-order valence-corrected chi connectivity index (χ0v) is 12.8. The van der Waals surface area contributed by atoms with Gasteiger partial charge < -0.3 is 29.9 Å². The van der Waals surface area contributed by atoms with E-state index in [1.807, 2.05) is 6.07 Å². The third kappa shape index (κ3) is 2.29. The number of anilines is 1. The molecule has 2 aliphatic rings. The SMILES string of the molecule is C[C@]1(O)C(n2ccc3c(NC4CC4)ncnc32)O[C@H](CO)[C@H]1O. The predicted molar refractivity (Wildman–Crippen MR) is 81.8 cm³/mol. The number of aliphatic hydroxyl groups is 3. The van der Waals surface area contributed by atoms with Gasteiger partial charge in [0.1, 0.15) is 35.6 Å². The van der Waals surface area contributed by atoms with Gasteiger partial charge in [-0.25, -0.2) is 9.97 Å². The van der Waals surface area contributed by atoms with Crippen LogP contribution in [0.3, 0.4) is 0 Å². The molecule has 0 aromatic carbocycles. The van der Waals surface area contributed by atoms with Crippen LogP contribution in [-0.2, 0) is 4.74 Å². The van der Waals surface area contributed by atoms with Crippen LogP contribution in [0.25, 0.3) is 11.0 Å². The number of aromatic nitrogens is 3. The fourth-order valence-electron chi connectivity index (χ4n) is 3.09. The first-order valence-corrected chi connectivity index (χ1v) is 7.77. The van der Waals surface area contributed by atoms with Crippen LogP contribution in [0, 0.1) is 0 Å². The lowest BCUT2D eigenvalue weighted by Crippen LogP contribution is -2.44. The van der Waals surface area contributed by atoms with Gasteiger partial charge in [-0.15, -0.1) is 0 Å². The summed E-state index contributed by atoms with van der Waals surface area (Å²) in [5.74, 6) is 0.758. The summed E-state index contributed by atoms with van der Waals surface area (Å²) >= 11 is 0. The van der Waals surface area contributed by atoms with E-state index in [0.29, 0.717) is 11.7 Å². The zero-order valence-electron chi connectivity index (χ0n) is 12.8. The Hall–Kier alpha value is -1.74. The van der Waals surface area contributed by atoms with E-state index >= 15 is 0 Å². The molecule has 4 N–H and O–H groups in total. The van der Waals surface area contributed by atoms with Crippen LogP contribution in [0.15, 0.2) is 18.6 Å². The number of aliphatic hydroxyl groups excluding tert-OH is 2. The molecule has 2 aromatic rings. The first-order chi connectivity index (χ1) is 11.0. The molecule has 1 saturated heterocycles. The highest BCUT2D eigenvalue weighted by Crippen LogP contribution is 2.40. The molecule has 0 amide bonds. The quantitative estimate of drug-likeness (QED) is 0.627. The van der Waals surface area contributed by atoms with Gasteiger partial charge in [0.15, 0.2) is 6.23 Å². The second-order valence-electron chi connectivity index (χ2n) is 6.48. The summed E-state index contributed by atoms with van der Waals surface area (Å²) in [6.45, 7) is 1.13. The number of hydrogen-bond donors (Lipinski definition) is 4. The maximum absolute atomic E-state index is 10.6. The van der Waals surface area contributed by atoms with Crippen molar-refractivity contribution >= 4 is 16.9 Å². The summed E-state index contributed by atoms with van der Waals surface area (Å²) in [6.07, 6.45) is 2.64. The molecule has 0 radical (unpaired) electrons. The molecule has 2 fully saturated rings. The van der Waals surface area contributed by atoms with E-state index in [0.717, 1.165) is 24.0 Å². The number of fused-ring (bicyclic) bond motifs is 1. The van der Waals surface area contributed by atoms with Gasteiger partial charge in [-0.3, -0.25) is 0 Å². The minimum Gasteiger partial charge on any atom is -0.394 e. The van der Waals surface area contributed by atoms with Gasteiger partial charge in [0.2, 0.25) is 0 Å². The normalized spacial score (nSPS) is 34.2. The van der Waals surface area contributed by atoms with Crippen LogP contribution in [0.2, 0.25) is 0 Å². The van der Waals surface area contributed by atoms with E-state index < -0.39 is 24.0 Å². The Morgan fingerprint density at radius 3 is 2.87 bits per heavy atom. The summed E-state index contributed by atoms with van der Waals surface area (Å²) in [5, 5.41) is 34.3. The molecule has 23 heavy (non-hydrogen) atoms. The first kappa shape index (κ1) is 14.8. The predicted octanol–water partition coefficient (Wildman–Crippen LogP) is 0.00720. The van der Waals surface area contributed by atoms with Crippen molar-refractivity contribution in [1.82, 2.24) is 14.5 Å². The molecule has 1 saturated carbocycles. The van der Waals surface area contributed by atoms with Crippen molar-refractivity contribution in [3.63, 3.8) is 0 Å². The smallest absolute Gasteiger partial charge is 0.167 e. The Balaban J connectivity index is 1.74. The van der Waals surface area contributed by atoms with Crippen molar-refractivity contribution < 1.29 is 20.1 Å². The van der Waals surface area contributed by atoms with Crippen molar-refractivity contribution in [3.8, 4) is 0 Å². The van der Waals surface area contributed by atoms with Gasteiger partial charge in [0, 0.05) is 12.2 Å². The monoisotopic (exact) mass is 320 g/mol. The van der Waals surface area contributed by atoms with Crippen molar-refractivity contribution in [1.29, 1.82) is 0 Å². The Morgan fingerprint density at radius 2 is 2.22 bits per heavy atom. The number of hydrogen-bond acceptors (Lipinski definition) is 7. The molecule has 8 heteroatoms. The molecule has 2 aromatic heterocycles. The van der Waals surface area contributed by atoms with Gasteiger partial charge in [-0.05, 0) is 25.8 Å². The lowest BCUT2D eigenvalue weighted by atomic mass is 9.96. The molecule has 1 unspecified atom stereocenters. The summed E-state index contributed by atoms with van der Waals surface area (Å²) < 4.78 is 7.33. The van der Waals surface area contributed by atoms with Crippen LogP contribution in [0.1, 0.15) is 26.0 Å². The van der Waals surface area contributed by atoms with Crippen molar-refractivity contribution in [2.75, 3.05) is 11.9 Å². The van der Waals surface area contributed by atoms with Crippen LogP contribution in [-0.4, -0.2) is 60.3 Å². The average molecular weight is 320 g/mol. The highest BCUT2D eigenvalue weighted by molar-refractivity contribution is 5.87. The molecule has 8 nitrogen and oxygen atoms in total. The van der Waals surface area contributed by atoms with E-state index in [2.05, 4.69) is 15.3 Å². The summed E-state index contributed by atoms with van der Waals surface area (Å²) in [7, 11) is 0. The molecule has 124 valence electrons. The molecule has 0 bridgehead atoms. The van der Waals surface area contributed by atoms with Crippen molar-refractivity contribution in [3.05, 3.63) is 18.6 Å². The highest BCUT2D eigenvalue weighted by Gasteiger charge is 2.53. The lowest BCUT2D eigenvalue weighted by Gasteiger charge is -2.27. The molecule has 3 heterocycles. The van der Waals surface area contributed by atoms with Gasteiger partial charge in [-0.1, -0.05) is 0 Å². The number of nitrogens with one attached hydrogen (secondary N) is 1. The summed E-state index contributed by atoms with van der Waals surface area (Å²) in [5.41, 5.74) is -0.923. The Bertz CT molecular complexity index is 727. The molecule has 0 spiro atoms. The average Bonchev–Trinajstić information content (AvgIpc) is 3.19. The van der Waals surface area contributed by atoms with Crippen LogP contribution in [0.4, 0.5) is 5.82 Å². The Labute approximate surface area is 132 Å². The van der Waals surface area contributed by atoms with Gasteiger partial charge in [0.05, 0.1) is 12.0 Å². The van der Waals surface area contributed by atoms with E-state index in [-0.39, 0.29) is 6.61 Å². The van der Waals surface area contributed by atoms with Gasteiger partial charge in [0.25, 0.3) is 0 Å². The third-order valence-electron chi connectivity index (χ3n) is 4.61. The number of nitrogens with zero attached hydrogens (tertiary/aromatic N) is 3. The molecule has 4 atom stereocenters. The summed E-state index contributed by atoms with van der Waals surface area (Å²) in [6, 6.07) is 2.32. The van der Waals surface area contributed by atoms with E-state index in [1.54, 1.807) is 10.8 Å². The largest absolute Gasteiger partial charge is 0.394 e. The van der Waals surface area contributed by atoms with Crippen LogP contribution in [0.5, 0.6) is 0 Å². The highest BCUT2D eigenvalue weighted by atomic mass is 16.6. The van der Waals surface area contributed by atoms with Crippen molar-refractivity contribution in [2.45, 2.75) is 49.8 Å². The topological polar surface area (TPSA) is 113 Å². The molecular weight excluding hydrogens is 300 g/mol. The molecule has 4 rings (SSSR count). The van der Waals surface area contributed by atoms with Crippen molar-refractivity contribution in [2.24, 2.45) is 0 Å². The number of ether oxygens (including phenoxy) is 1. The fourth-order valence-corrected chi connectivity index (χ4v) is 3.09. The van der Waals surface area contributed by atoms with E-state index in [9.17, 15) is 15.3 Å². The molecule has 1 aliphatic heterocycles. The van der Waals surface area contributed by atoms with Crippen LogP contribution >= 0.6 is 0 Å². The lowest BCUT2D eigenvalue weighted by molar-refractivity contribution is -0.0948. The maximum Gasteiger partial charge on any atom is 0.167 e. The summed E-state index contributed by atoms with van der Waals surface area (Å²) in [4.78, 5) is 8.57. The zero-order chi connectivity index (χ0) is 16.2. The molecule has 1 aliphatic carbocycles. The Morgan fingerprint density at radius 1 is 1.43 bits per heavy atom. The standard InChI is InChI=1S/C15H20N4O4/c1-15(22)11(21)10(6-20)23-14(15)19-5-4-9-12(18-8-2-3-8)16-7-17-13(9)19/h4-5,7-8,10-11,14,20-22H,2-3,6H2,1H3,(H,16,17,18)/t10-,11-,14?,15-/m1/s1. The van der Waals surface area contributed by atoms with E-state index in [1.165, 1.54) is 13.3 Å². The molecular formula is C15H20N4O4. The van der Waals surface area contributed by atoms with Gasteiger partial charge >= 0.3 is 0 Å². The van der Waals surface area contributed by atoms with Gasteiger partial charge in [-0.2, -0.15) is 0 Å². The second-order valence-corrected chi connectivity index (χ2v) is 6.48. The minimum atomic E-state index is -1.53. The number of rotatable bonds is 4.